The van der Waals surface area contributed by atoms with E-state index in [9.17, 15) is 29.1 Å². The lowest BCUT2D eigenvalue weighted by atomic mass is 9.97. The van der Waals surface area contributed by atoms with Crippen LogP contribution in [0.15, 0.2) is 0 Å². The van der Waals surface area contributed by atoms with Gasteiger partial charge in [-0.25, -0.2) is 4.79 Å². The van der Waals surface area contributed by atoms with Crippen LogP contribution in [0, 0.1) is 5.92 Å². The van der Waals surface area contributed by atoms with E-state index >= 15 is 0 Å². The molecule has 0 saturated heterocycles. The minimum atomic E-state index is -1.36. The second kappa shape index (κ2) is 14.1. The predicted molar refractivity (Wildman–Crippen MR) is 117 cm³/mol. The van der Waals surface area contributed by atoms with E-state index in [0.29, 0.717) is 6.42 Å². The number of nitrogens with two attached hydrogens (primary N) is 2. The number of thiol groups is 2. The van der Waals surface area contributed by atoms with Gasteiger partial charge < -0.3 is 32.5 Å². The molecule has 0 aliphatic heterocycles. The highest BCUT2D eigenvalue weighted by Gasteiger charge is 2.31. The van der Waals surface area contributed by atoms with E-state index in [2.05, 4.69) is 41.2 Å². The first-order valence-electron chi connectivity index (χ1n) is 9.37. The van der Waals surface area contributed by atoms with Gasteiger partial charge in [0, 0.05) is 17.9 Å². The molecule has 172 valence electrons. The van der Waals surface area contributed by atoms with Crippen LogP contribution in [0.2, 0.25) is 0 Å². The molecular weight excluding hydrogens is 434 g/mol. The van der Waals surface area contributed by atoms with Crippen molar-refractivity contribution in [2.24, 2.45) is 17.4 Å². The number of carbonyl (C=O) groups is 5. The van der Waals surface area contributed by atoms with Crippen molar-refractivity contribution in [1.82, 2.24) is 16.0 Å². The van der Waals surface area contributed by atoms with Gasteiger partial charge in [-0.15, -0.1) is 0 Å². The molecular formula is C17H31N5O6S2. The molecule has 0 rings (SSSR count). The molecule has 0 aliphatic carbocycles. The molecule has 0 aromatic rings. The zero-order valence-electron chi connectivity index (χ0n) is 17.0. The van der Waals surface area contributed by atoms with Crippen LogP contribution in [0.4, 0.5) is 0 Å². The minimum Gasteiger partial charge on any atom is -0.480 e. The maximum atomic E-state index is 12.7. The SMILES string of the molecule is CCC(C)C(NC(=O)C(N)CS)C(=O)NC(CS)C(=O)NC(CCC(N)=O)C(=O)O. The number of primary amides is 1. The third-order valence-corrected chi connectivity index (χ3v) is 5.19. The number of amides is 4. The highest BCUT2D eigenvalue weighted by molar-refractivity contribution is 7.80. The summed E-state index contributed by atoms with van der Waals surface area (Å²) in [6.07, 6.45) is 0.125. The number of carboxylic acids is 1. The fraction of sp³-hybridized carbons (Fsp3) is 0.706. The molecule has 0 radical (unpaired) electrons. The van der Waals surface area contributed by atoms with Gasteiger partial charge in [0.15, 0.2) is 0 Å². The Kier molecular flexibility index (Phi) is 13.2. The van der Waals surface area contributed by atoms with E-state index in [0.717, 1.165) is 0 Å². The zero-order chi connectivity index (χ0) is 23.4. The fourth-order valence-electron chi connectivity index (χ4n) is 2.32. The van der Waals surface area contributed by atoms with Crippen LogP contribution in [0.3, 0.4) is 0 Å². The minimum absolute atomic E-state index is 0.0875. The number of carbonyl (C=O) groups excluding carboxylic acids is 4. The number of hydrogen-bond acceptors (Lipinski definition) is 8. The highest BCUT2D eigenvalue weighted by Crippen LogP contribution is 2.09. The number of aliphatic carboxylic acids is 1. The molecule has 0 spiro atoms. The maximum Gasteiger partial charge on any atom is 0.326 e. The molecule has 0 aliphatic rings. The smallest absolute Gasteiger partial charge is 0.326 e. The first kappa shape index (κ1) is 28.0. The van der Waals surface area contributed by atoms with E-state index < -0.39 is 53.8 Å². The Labute approximate surface area is 186 Å². The quantitative estimate of drug-likeness (QED) is 0.136. The molecule has 0 saturated carbocycles. The Bertz CT molecular complexity index is 636. The zero-order valence-corrected chi connectivity index (χ0v) is 18.7. The van der Waals surface area contributed by atoms with E-state index in [1.165, 1.54) is 0 Å². The molecule has 0 fully saturated rings. The highest BCUT2D eigenvalue weighted by atomic mass is 32.1. The van der Waals surface area contributed by atoms with Gasteiger partial charge in [0.05, 0.1) is 6.04 Å². The van der Waals surface area contributed by atoms with Gasteiger partial charge in [-0.3, -0.25) is 19.2 Å². The normalized spacial score (nSPS) is 15.8. The third-order valence-electron chi connectivity index (χ3n) is 4.44. The molecule has 0 aromatic carbocycles. The second-order valence-electron chi connectivity index (χ2n) is 6.81. The summed E-state index contributed by atoms with van der Waals surface area (Å²) in [7, 11) is 0. The Hall–Kier alpha value is -1.99. The molecule has 13 heteroatoms. The summed E-state index contributed by atoms with van der Waals surface area (Å²) < 4.78 is 0. The Morgan fingerprint density at radius 1 is 0.933 bits per heavy atom. The largest absolute Gasteiger partial charge is 0.480 e. The monoisotopic (exact) mass is 465 g/mol. The van der Waals surface area contributed by atoms with Crippen molar-refractivity contribution in [3.63, 3.8) is 0 Å². The number of nitrogens with one attached hydrogen (secondary N) is 3. The average molecular weight is 466 g/mol. The molecule has 0 bridgehead atoms. The van der Waals surface area contributed by atoms with E-state index in [1.54, 1.807) is 6.92 Å². The predicted octanol–water partition coefficient (Wildman–Crippen LogP) is -1.98. The van der Waals surface area contributed by atoms with Gasteiger partial charge in [-0.05, 0) is 12.3 Å². The van der Waals surface area contributed by atoms with Gasteiger partial charge in [-0.1, -0.05) is 20.3 Å². The lowest BCUT2D eigenvalue weighted by Crippen LogP contribution is -2.59. The van der Waals surface area contributed by atoms with Crippen LogP contribution >= 0.6 is 25.3 Å². The Balaban J connectivity index is 5.23. The van der Waals surface area contributed by atoms with Crippen LogP contribution in [-0.4, -0.2) is 70.4 Å². The van der Waals surface area contributed by atoms with Crippen molar-refractivity contribution < 1.29 is 29.1 Å². The van der Waals surface area contributed by atoms with Gasteiger partial charge in [0.1, 0.15) is 18.1 Å². The molecule has 8 N–H and O–H groups in total. The topological polar surface area (TPSA) is 194 Å². The van der Waals surface area contributed by atoms with Crippen LogP contribution in [-0.2, 0) is 24.0 Å². The summed E-state index contributed by atoms with van der Waals surface area (Å²) >= 11 is 7.99. The standard InChI is InChI=1S/C17H31N5O6S2/c1-3-8(2)13(22-14(24)9(18)6-29)16(26)21-11(7-30)15(25)20-10(17(27)28)4-5-12(19)23/h8-11,13,29-30H,3-7,18H2,1-2H3,(H2,19,23)(H,20,25)(H,21,26)(H,22,24)(H,27,28). The molecule has 0 aromatic heterocycles. The summed E-state index contributed by atoms with van der Waals surface area (Å²) in [5, 5.41) is 16.5. The van der Waals surface area contributed by atoms with Gasteiger partial charge in [-0.2, -0.15) is 25.3 Å². The summed E-state index contributed by atoms with van der Waals surface area (Å²) in [6, 6.07) is -4.40. The summed E-state index contributed by atoms with van der Waals surface area (Å²) in [6.45, 7) is 3.57. The van der Waals surface area contributed by atoms with Gasteiger partial charge in [0.2, 0.25) is 23.6 Å². The van der Waals surface area contributed by atoms with E-state index in [4.69, 9.17) is 11.5 Å². The molecule has 0 heterocycles. The summed E-state index contributed by atoms with van der Waals surface area (Å²) in [5.74, 6) is -4.36. The first-order valence-corrected chi connectivity index (χ1v) is 10.6. The molecule has 11 nitrogen and oxygen atoms in total. The lowest BCUT2D eigenvalue weighted by molar-refractivity contribution is -0.142. The maximum absolute atomic E-state index is 12.7. The molecule has 4 amide bonds. The molecule has 5 atom stereocenters. The van der Waals surface area contributed by atoms with E-state index in [-0.39, 0.29) is 30.3 Å². The molecule has 5 unspecified atom stereocenters. The van der Waals surface area contributed by atoms with Crippen LogP contribution < -0.4 is 27.4 Å². The van der Waals surface area contributed by atoms with Crippen molar-refractivity contribution in [2.45, 2.75) is 57.3 Å². The van der Waals surface area contributed by atoms with Crippen LogP contribution in [0.5, 0.6) is 0 Å². The lowest BCUT2D eigenvalue weighted by Gasteiger charge is -2.27. The summed E-state index contributed by atoms with van der Waals surface area (Å²) in [4.78, 5) is 59.4. The number of carboxylic acid groups (broad SMARTS) is 1. The van der Waals surface area contributed by atoms with Crippen molar-refractivity contribution in [3.8, 4) is 0 Å². The van der Waals surface area contributed by atoms with Crippen molar-refractivity contribution in [2.75, 3.05) is 11.5 Å². The average Bonchev–Trinajstić information content (AvgIpc) is 2.70. The fourth-order valence-corrected chi connectivity index (χ4v) is 2.74. The van der Waals surface area contributed by atoms with Gasteiger partial charge >= 0.3 is 5.97 Å². The molecule has 30 heavy (non-hydrogen) atoms. The summed E-state index contributed by atoms with van der Waals surface area (Å²) in [5.41, 5.74) is 10.6. The van der Waals surface area contributed by atoms with E-state index in [1.807, 2.05) is 6.92 Å². The number of hydrogen-bond donors (Lipinski definition) is 8. The van der Waals surface area contributed by atoms with Crippen LogP contribution in [0.25, 0.3) is 0 Å². The number of rotatable bonds is 14. The first-order chi connectivity index (χ1) is 14.0. The van der Waals surface area contributed by atoms with Crippen molar-refractivity contribution in [3.05, 3.63) is 0 Å². The van der Waals surface area contributed by atoms with Crippen molar-refractivity contribution >= 4 is 54.9 Å². The second-order valence-corrected chi connectivity index (χ2v) is 7.54. The van der Waals surface area contributed by atoms with Crippen LogP contribution in [0.1, 0.15) is 33.1 Å². The Morgan fingerprint density at radius 3 is 1.93 bits per heavy atom. The third kappa shape index (κ3) is 9.67. The van der Waals surface area contributed by atoms with Gasteiger partial charge in [0.25, 0.3) is 0 Å². The van der Waals surface area contributed by atoms with Crippen molar-refractivity contribution in [1.29, 1.82) is 0 Å². The Morgan fingerprint density at radius 2 is 1.50 bits per heavy atom.